The molecule has 0 heterocycles. The molecule has 0 N–H and O–H groups in total. The number of allylic oxidation sites excluding steroid dienone is 8. The molecule has 0 aliphatic heterocycles. The lowest BCUT2D eigenvalue weighted by atomic mass is 10.2. The minimum Gasteiger partial charge on any atom is -0.466 e. The van der Waals surface area contributed by atoms with Crippen molar-refractivity contribution in [1.82, 2.24) is 0 Å². The zero-order valence-corrected chi connectivity index (χ0v) is 17.8. The Bertz CT molecular complexity index is 544. The Morgan fingerprint density at radius 2 is 1.48 bits per heavy atom. The second kappa shape index (κ2) is 11.8. The second-order valence-corrected chi connectivity index (χ2v) is 12.1. The first-order valence-electron chi connectivity index (χ1n) is 8.67. The number of hydrogen-bond donors (Lipinski definition) is 0. The summed E-state index contributed by atoms with van der Waals surface area (Å²) in [7, 11) is -0.245. The van der Waals surface area contributed by atoms with Crippen LogP contribution in [0.5, 0.6) is 0 Å². The molecule has 0 aliphatic rings. The van der Waals surface area contributed by atoms with Crippen molar-refractivity contribution in [2.45, 2.75) is 52.2 Å². The molecule has 0 aliphatic carbocycles. The fourth-order valence-corrected chi connectivity index (χ4v) is 2.58. The van der Waals surface area contributed by atoms with Crippen LogP contribution in [0, 0.1) is 0 Å². The van der Waals surface area contributed by atoms with Crippen molar-refractivity contribution in [1.29, 1.82) is 0 Å². The predicted molar refractivity (Wildman–Crippen MR) is 110 cm³/mol. The zero-order chi connectivity index (χ0) is 19.3. The third-order valence-electron chi connectivity index (χ3n) is 4.21. The summed E-state index contributed by atoms with van der Waals surface area (Å²) < 4.78 is 10.7. The number of methoxy groups -OCH3 is 1. The lowest BCUT2D eigenvalue weighted by molar-refractivity contribution is -0.136. The largest absolute Gasteiger partial charge is 0.466 e. The lowest BCUT2D eigenvalue weighted by Crippen LogP contribution is -2.40. The van der Waals surface area contributed by atoms with Gasteiger partial charge in [-0.15, -0.1) is 0 Å². The van der Waals surface area contributed by atoms with Crippen molar-refractivity contribution in [2.75, 3.05) is 13.7 Å². The van der Waals surface area contributed by atoms with Gasteiger partial charge in [0.05, 0.1) is 7.11 Å². The van der Waals surface area contributed by atoms with Crippen molar-refractivity contribution in [2.24, 2.45) is 0 Å². The van der Waals surface area contributed by atoms with E-state index in [1.54, 1.807) is 13.0 Å². The van der Waals surface area contributed by atoms with Gasteiger partial charge in [0.2, 0.25) is 0 Å². The van der Waals surface area contributed by atoms with Gasteiger partial charge < -0.3 is 9.16 Å². The van der Waals surface area contributed by atoms with Crippen LogP contribution in [-0.4, -0.2) is 28.0 Å². The molecule has 0 spiro atoms. The highest BCUT2D eigenvalue weighted by Crippen LogP contribution is 2.36. The first-order chi connectivity index (χ1) is 11.6. The molecule has 0 aromatic rings. The van der Waals surface area contributed by atoms with E-state index in [9.17, 15) is 4.79 Å². The van der Waals surface area contributed by atoms with Gasteiger partial charge in [0, 0.05) is 12.2 Å². The van der Waals surface area contributed by atoms with E-state index in [0.29, 0.717) is 5.57 Å². The Morgan fingerprint density at radius 3 is 2.00 bits per heavy atom. The topological polar surface area (TPSA) is 35.5 Å². The van der Waals surface area contributed by atoms with Crippen molar-refractivity contribution in [3.05, 3.63) is 60.3 Å². The van der Waals surface area contributed by atoms with Gasteiger partial charge in [0.15, 0.2) is 8.32 Å². The molecular formula is C21H34O3Si. The minimum absolute atomic E-state index is 0.263. The van der Waals surface area contributed by atoms with Crippen molar-refractivity contribution >= 4 is 14.3 Å². The molecule has 0 bridgehead atoms. The third-order valence-corrected chi connectivity index (χ3v) is 8.75. The Hall–Kier alpha value is -1.65. The second-order valence-electron chi connectivity index (χ2n) is 7.32. The highest BCUT2D eigenvalue weighted by molar-refractivity contribution is 6.74. The van der Waals surface area contributed by atoms with Crippen LogP contribution in [0.2, 0.25) is 18.1 Å². The average Bonchev–Trinajstić information content (AvgIpc) is 2.53. The molecule has 0 fully saturated rings. The lowest BCUT2D eigenvalue weighted by Gasteiger charge is -2.36. The molecule has 0 aromatic carbocycles. The third kappa shape index (κ3) is 10.7. The summed E-state index contributed by atoms with van der Waals surface area (Å²) in [5, 5.41) is 0.263. The van der Waals surface area contributed by atoms with Gasteiger partial charge in [0.1, 0.15) is 0 Å². The Balaban J connectivity index is 4.06. The van der Waals surface area contributed by atoms with E-state index in [0.717, 1.165) is 13.0 Å². The van der Waals surface area contributed by atoms with E-state index in [-0.39, 0.29) is 11.0 Å². The summed E-state index contributed by atoms with van der Waals surface area (Å²) in [4.78, 5) is 11.2. The van der Waals surface area contributed by atoms with Crippen LogP contribution in [0.25, 0.3) is 0 Å². The monoisotopic (exact) mass is 362 g/mol. The predicted octanol–water partition coefficient (Wildman–Crippen LogP) is 5.74. The summed E-state index contributed by atoms with van der Waals surface area (Å²) in [6.45, 7) is 13.8. The molecule has 0 rings (SSSR count). The number of ether oxygens (including phenoxy) is 1. The normalized spacial score (nSPS) is 14.4. The van der Waals surface area contributed by atoms with Crippen LogP contribution in [0.3, 0.4) is 0 Å². The van der Waals surface area contributed by atoms with Crippen LogP contribution in [0.15, 0.2) is 60.3 Å². The summed E-state index contributed by atoms with van der Waals surface area (Å²) in [6, 6.07) is 0. The fraction of sp³-hybridized carbons (Fsp3) is 0.476. The molecule has 0 atom stereocenters. The summed E-state index contributed by atoms with van der Waals surface area (Å²) in [5.41, 5.74) is 0.575. The summed E-state index contributed by atoms with van der Waals surface area (Å²) in [5.74, 6) is -0.309. The van der Waals surface area contributed by atoms with Crippen molar-refractivity contribution in [3.63, 3.8) is 0 Å². The minimum atomic E-state index is -1.62. The highest BCUT2D eigenvalue weighted by Gasteiger charge is 2.36. The standard InChI is InChI=1S/C21H34O3Si/c1-19(20(22)23-5)17-15-13-11-9-8-10-12-14-16-18-24-25(6,7)21(2,3)4/h8-15,17H,16,18H2,1-7H3/b10-8+,11-9+,14-12+,15-13+,19-17+. The van der Waals surface area contributed by atoms with Gasteiger partial charge in [-0.1, -0.05) is 75.5 Å². The van der Waals surface area contributed by atoms with E-state index in [1.165, 1.54) is 7.11 Å². The number of esters is 1. The van der Waals surface area contributed by atoms with Crippen molar-refractivity contribution < 1.29 is 14.0 Å². The quantitative estimate of drug-likeness (QED) is 0.172. The SMILES string of the molecule is COC(=O)/C(C)=C/C=C/C=C/C=C/C=C/CCO[Si](C)(C)C(C)(C)C. The van der Waals surface area contributed by atoms with Crippen LogP contribution >= 0.6 is 0 Å². The van der Waals surface area contributed by atoms with Gasteiger partial charge in [-0.05, 0) is 31.5 Å². The molecule has 0 aromatic heterocycles. The molecule has 0 radical (unpaired) electrons. The van der Waals surface area contributed by atoms with Gasteiger partial charge >= 0.3 is 5.97 Å². The van der Waals surface area contributed by atoms with E-state index in [1.807, 2.05) is 42.5 Å². The Morgan fingerprint density at radius 1 is 0.960 bits per heavy atom. The molecule has 25 heavy (non-hydrogen) atoms. The highest BCUT2D eigenvalue weighted by atomic mass is 28.4. The molecule has 0 saturated carbocycles. The fourth-order valence-electron chi connectivity index (χ4n) is 1.52. The molecular weight excluding hydrogens is 328 g/mol. The number of carbonyl (C=O) groups excluding carboxylic acids is 1. The maximum atomic E-state index is 11.2. The zero-order valence-electron chi connectivity index (χ0n) is 16.8. The van der Waals surface area contributed by atoms with E-state index in [2.05, 4.69) is 44.7 Å². The Kier molecular flexibility index (Phi) is 11.0. The molecule has 4 heteroatoms. The van der Waals surface area contributed by atoms with Gasteiger partial charge in [-0.2, -0.15) is 0 Å². The van der Waals surface area contributed by atoms with Gasteiger partial charge in [-0.3, -0.25) is 0 Å². The van der Waals surface area contributed by atoms with E-state index in [4.69, 9.17) is 4.43 Å². The van der Waals surface area contributed by atoms with Crippen LogP contribution in [0.1, 0.15) is 34.1 Å². The maximum absolute atomic E-state index is 11.2. The molecule has 140 valence electrons. The van der Waals surface area contributed by atoms with Crippen LogP contribution in [-0.2, 0) is 14.0 Å². The van der Waals surface area contributed by atoms with Gasteiger partial charge in [0.25, 0.3) is 0 Å². The number of hydrogen-bond acceptors (Lipinski definition) is 3. The first kappa shape index (κ1) is 23.3. The molecule has 3 nitrogen and oxygen atoms in total. The first-order valence-corrected chi connectivity index (χ1v) is 11.6. The molecule has 0 unspecified atom stereocenters. The molecule has 0 amide bonds. The van der Waals surface area contributed by atoms with E-state index < -0.39 is 8.32 Å². The summed E-state index contributed by atoms with van der Waals surface area (Å²) >= 11 is 0. The Labute approximate surface area is 154 Å². The summed E-state index contributed by atoms with van der Waals surface area (Å²) in [6.07, 6.45) is 18.3. The van der Waals surface area contributed by atoms with Gasteiger partial charge in [-0.25, -0.2) is 4.79 Å². The number of rotatable bonds is 9. The van der Waals surface area contributed by atoms with E-state index >= 15 is 0 Å². The average molecular weight is 363 g/mol. The van der Waals surface area contributed by atoms with Crippen molar-refractivity contribution in [3.8, 4) is 0 Å². The smallest absolute Gasteiger partial charge is 0.333 e. The number of carbonyl (C=O) groups is 1. The molecule has 0 saturated heterocycles. The maximum Gasteiger partial charge on any atom is 0.333 e. The van der Waals surface area contributed by atoms with Crippen LogP contribution in [0.4, 0.5) is 0 Å². The van der Waals surface area contributed by atoms with Crippen LogP contribution < -0.4 is 0 Å².